The highest BCUT2D eigenvalue weighted by atomic mass is 16.5. The van der Waals surface area contributed by atoms with E-state index in [1.165, 1.54) is 40.7 Å². The molecule has 280 valence electrons. The predicted molar refractivity (Wildman–Crippen MR) is 221 cm³/mol. The summed E-state index contributed by atoms with van der Waals surface area (Å²) in [7, 11) is 3.86. The Bertz CT molecular complexity index is 1470. The Kier molecular flexibility index (Phi) is 22.9. The third kappa shape index (κ3) is 15.7. The van der Waals surface area contributed by atoms with Crippen molar-refractivity contribution >= 4 is 11.0 Å². The Balaban J connectivity index is 0.000000371. The molecule has 0 radical (unpaired) electrons. The van der Waals surface area contributed by atoms with E-state index in [0.717, 1.165) is 57.7 Å². The molecule has 0 aliphatic heterocycles. The van der Waals surface area contributed by atoms with Crippen LogP contribution < -0.4 is 4.74 Å². The Morgan fingerprint density at radius 1 is 0.780 bits per heavy atom. The zero-order chi connectivity index (χ0) is 37.5. The normalized spacial score (nSPS) is 11.3. The van der Waals surface area contributed by atoms with E-state index >= 15 is 0 Å². The molecule has 50 heavy (non-hydrogen) atoms. The molecular weight excluding hydrogens is 615 g/mol. The molecule has 4 rings (SSSR count). The zero-order valence-corrected chi connectivity index (χ0v) is 34.1. The SMILES string of the molecule is C=C(/C=C\C)CCN(CC)CCC.CC.CC(C)N(CCc1ccn2ccccc12)C(C)C.CCN(C)CCc1ccn2ccc(OC)cc12. The van der Waals surface area contributed by atoms with Gasteiger partial charge in [0.2, 0.25) is 0 Å². The summed E-state index contributed by atoms with van der Waals surface area (Å²) in [5.41, 5.74) is 6.64. The van der Waals surface area contributed by atoms with Gasteiger partial charge in [0.05, 0.1) is 12.6 Å². The van der Waals surface area contributed by atoms with Crippen molar-refractivity contribution in [2.24, 2.45) is 0 Å². The lowest BCUT2D eigenvalue weighted by Crippen LogP contribution is -2.38. The van der Waals surface area contributed by atoms with E-state index in [0.29, 0.717) is 12.1 Å². The van der Waals surface area contributed by atoms with Gasteiger partial charge in [-0.15, -0.1) is 0 Å². The minimum Gasteiger partial charge on any atom is -0.497 e. The van der Waals surface area contributed by atoms with Crippen LogP contribution in [0.1, 0.15) is 93.2 Å². The first-order chi connectivity index (χ1) is 24.1. The largest absolute Gasteiger partial charge is 0.497 e. The quantitative estimate of drug-likeness (QED) is 0.103. The van der Waals surface area contributed by atoms with Gasteiger partial charge in [0.15, 0.2) is 0 Å². The van der Waals surface area contributed by atoms with Crippen molar-refractivity contribution in [1.82, 2.24) is 23.5 Å². The topological polar surface area (TPSA) is 27.8 Å². The van der Waals surface area contributed by atoms with Crippen molar-refractivity contribution in [2.75, 3.05) is 53.4 Å². The van der Waals surface area contributed by atoms with Crippen LogP contribution in [0.2, 0.25) is 0 Å². The molecule has 0 aliphatic rings. The highest BCUT2D eigenvalue weighted by Gasteiger charge is 2.14. The summed E-state index contributed by atoms with van der Waals surface area (Å²) in [6.45, 7) is 32.6. The molecule has 0 N–H and O–H groups in total. The minimum absolute atomic E-state index is 0.610. The molecule has 6 nitrogen and oxygen atoms in total. The van der Waals surface area contributed by atoms with Gasteiger partial charge in [0.25, 0.3) is 0 Å². The summed E-state index contributed by atoms with van der Waals surface area (Å²) in [6.07, 6.45) is 17.1. The summed E-state index contributed by atoms with van der Waals surface area (Å²) in [5, 5.41) is 0. The number of hydrogen-bond acceptors (Lipinski definition) is 4. The standard InChI is InChI=1S/C16H24N2.C14H20N2O.C12H23N.C2H6/c1-13(2)18(14(3)4)12-9-15-8-11-17-10-6-5-7-16(15)17;1-4-15(2)8-5-12-6-9-16-10-7-13(17-3)11-14(12)16;1-5-8-12(4)9-11-13(7-3)10-6-2;1-2/h5-8,10-11,13-14H,9,12H2,1-4H3;6-7,9-11H,4-5,8H2,1-3H3;5,8H,4,6-7,9-11H2,1-3H3;1-2H3/b;;8-5-;. The van der Waals surface area contributed by atoms with Crippen molar-refractivity contribution < 1.29 is 4.74 Å². The summed E-state index contributed by atoms with van der Waals surface area (Å²) in [4.78, 5) is 7.34. The number of methoxy groups -OCH3 is 1. The van der Waals surface area contributed by atoms with E-state index in [1.54, 1.807) is 7.11 Å². The van der Waals surface area contributed by atoms with E-state index < -0.39 is 0 Å². The third-order valence-corrected chi connectivity index (χ3v) is 9.02. The average Bonchev–Trinajstić information content (AvgIpc) is 3.73. The molecule has 4 heterocycles. The number of hydrogen-bond donors (Lipinski definition) is 0. The summed E-state index contributed by atoms with van der Waals surface area (Å²) in [6, 6.07) is 16.1. The predicted octanol–water partition coefficient (Wildman–Crippen LogP) is 10.3. The molecule has 6 heteroatoms. The summed E-state index contributed by atoms with van der Waals surface area (Å²) in [5.74, 6) is 0.918. The van der Waals surface area contributed by atoms with Crippen LogP contribution >= 0.6 is 0 Å². The Morgan fingerprint density at radius 3 is 1.94 bits per heavy atom. The number of pyridine rings is 2. The van der Waals surface area contributed by atoms with E-state index in [-0.39, 0.29) is 0 Å². The van der Waals surface area contributed by atoms with Gasteiger partial charge in [-0.25, -0.2) is 0 Å². The lowest BCUT2D eigenvalue weighted by Gasteiger charge is -2.30. The molecule has 0 bridgehead atoms. The molecule has 0 saturated carbocycles. The van der Waals surface area contributed by atoms with Crippen LogP contribution in [0.25, 0.3) is 11.0 Å². The van der Waals surface area contributed by atoms with Gasteiger partial charge in [-0.2, -0.15) is 0 Å². The van der Waals surface area contributed by atoms with Gasteiger partial charge in [0, 0.05) is 68.1 Å². The number of aromatic nitrogens is 2. The van der Waals surface area contributed by atoms with Crippen LogP contribution in [0.15, 0.2) is 91.6 Å². The molecule has 4 aromatic heterocycles. The van der Waals surface area contributed by atoms with E-state index in [2.05, 4.69) is 153 Å². The number of nitrogens with zero attached hydrogens (tertiary/aromatic N) is 5. The van der Waals surface area contributed by atoms with Gasteiger partial charge < -0.3 is 23.3 Å². The zero-order valence-electron chi connectivity index (χ0n) is 34.1. The van der Waals surface area contributed by atoms with E-state index in [4.69, 9.17) is 4.74 Å². The van der Waals surface area contributed by atoms with Crippen LogP contribution in [-0.2, 0) is 12.8 Å². The fourth-order valence-electron chi connectivity index (χ4n) is 6.00. The maximum absolute atomic E-state index is 5.27. The molecule has 0 fully saturated rings. The highest BCUT2D eigenvalue weighted by Crippen LogP contribution is 2.20. The van der Waals surface area contributed by atoms with E-state index in [9.17, 15) is 0 Å². The Hall–Kier alpha value is -3.32. The van der Waals surface area contributed by atoms with Crippen molar-refractivity contribution in [3.05, 3.63) is 103 Å². The van der Waals surface area contributed by atoms with Gasteiger partial charge in [-0.05, 0) is 128 Å². The second-order valence-corrected chi connectivity index (χ2v) is 13.2. The molecular formula is C44H73N5O. The van der Waals surface area contributed by atoms with Crippen molar-refractivity contribution in [3.8, 4) is 5.75 Å². The van der Waals surface area contributed by atoms with Gasteiger partial charge in [0.1, 0.15) is 5.75 Å². The van der Waals surface area contributed by atoms with Gasteiger partial charge >= 0.3 is 0 Å². The lowest BCUT2D eigenvalue weighted by atomic mass is 10.1. The molecule has 0 amide bonds. The van der Waals surface area contributed by atoms with Gasteiger partial charge in [-0.1, -0.05) is 65.0 Å². The number of likely N-dealkylation sites (N-methyl/N-ethyl adjacent to an activating group) is 1. The molecule has 0 aliphatic carbocycles. The first-order valence-corrected chi connectivity index (χ1v) is 19.2. The molecule has 4 aromatic rings. The first-order valence-electron chi connectivity index (χ1n) is 19.2. The number of rotatable bonds is 17. The van der Waals surface area contributed by atoms with Crippen LogP contribution in [-0.4, -0.2) is 89.0 Å². The summed E-state index contributed by atoms with van der Waals surface area (Å²) >= 11 is 0. The molecule has 0 saturated heterocycles. The van der Waals surface area contributed by atoms with Crippen LogP contribution in [0.5, 0.6) is 5.75 Å². The van der Waals surface area contributed by atoms with Crippen LogP contribution in [0.4, 0.5) is 0 Å². The van der Waals surface area contributed by atoms with Crippen molar-refractivity contribution in [1.29, 1.82) is 0 Å². The second kappa shape index (κ2) is 25.6. The smallest absolute Gasteiger partial charge is 0.122 e. The maximum atomic E-state index is 5.27. The Labute approximate surface area is 307 Å². The number of fused-ring (bicyclic) bond motifs is 2. The van der Waals surface area contributed by atoms with Gasteiger partial charge in [-0.3, -0.25) is 4.90 Å². The second-order valence-electron chi connectivity index (χ2n) is 13.2. The van der Waals surface area contributed by atoms with Crippen molar-refractivity contribution in [2.45, 2.75) is 107 Å². The summed E-state index contributed by atoms with van der Waals surface area (Å²) < 4.78 is 9.61. The fourth-order valence-corrected chi connectivity index (χ4v) is 6.00. The fraction of sp³-hybridized carbons (Fsp3) is 0.545. The highest BCUT2D eigenvalue weighted by molar-refractivity contribution is 5.59. The monoisotopic (exact) mass is 688 g/mol. The molecule has 0 aromatic carbocycles. The average molecular weight is 688 g/mol. The van der Waals surface area contributed by atoms with Crippen LogP contribution in [0, 0.1) is 0 Å². The van der Waals surface area contributed by atoms with Crippen LogP contribution in [0.3, 0.4) is 0 Å². The number of allylic oxidation sites excluding steroid dienone is 2. The van der Waals surface area contributed by atoms with Crippen molar-refractivity contribution in [3.63, 3.8) is 0 Å². The third-order valence-electron chi connectivity index (χ3n) is 9.02. The van der Waals surface area contributed by atoms with E-state index in [1.807, 2.05) is 33.0 Å². The molecule has 0 atom stereocenters. The maximum Gasteiger partial charge on any atom is 0.122 e. The molecule has 0 spiro atoms. The first kappa shape index (κ1) is 44.7. The Morgan fingerprint density at radius 2 is 1.38 bits per heavy atom. The minimum atomic E-state index is 0.610. The molecule has 0 unspecified atom stereocenters. The lowest BCUT2D eigenvalue weighted by molar-refractivity contribution is 0.177. The number of ether oxygens (including phenoxy) is 1.